The van der Waals surface area contributed by atoms with E-state index in [0.717, 1.165) is 6.42 Å². The molecule has 6 heteroatoms. The van der Waals surface area contributed by atoms with Crippen LogP contribution in [0.3, 0.4) is 0 Å². The summed E-state index contributed by atoms with van der Waals surface area (Å²) in [7, 11) is 0. The maximum Gasteiger partial charge on any atom is 0.255 e. The molecule has 0 fully saturated rings. The molecule has 0 spiro atoms. The molecule has 84 valence electrons. The van der Waals surface area contributed by atoms with Crippen molar-refractivity contribution in [2.24, 2.45) is 0 Å². The lowest BCUT2D eigenvalue weighted by Crippen LogP contribution is -2.14. The van der Waals surface area contributed by atoms with Crippen molar-refractivity contribution in [2.75, 3.05) is 17.6 Å². The molecular weight excluding hydrogens is 202 g/mol. The van der Waals surface area contributed by atoms with Crippen molar-refractivity contribution in [1.29, 1.82) is 0 Å². The zero-order valence-corrected chi connectivity index (χ0v) is 8.50. The van der Waals surface area contributed by atoms with Crippen LogP contribution in [0, 0.1) is 0 Å². The molecule has 0 aliphatic heterocycles. The summed E-state index contributed by atoms with van der Waals surface area (Å²) >= 11 is 0. The van der Waals surface area contributed by atoms with E-state index in [1.165, 1.54) is 6.33 Å². The fraction of sp³-hybridized carbons (Fsp3) is 0.556. The van der Waals surface area contributed by atoms with Gasteiger partial charge in [0, 0.05) is 5.56 Å². The topological polar surface area (TPSA) is 63.8 Å². The molecule has 15 heavy (non-hydrogen) atoms. The summed E-state index contributed by atoms with van der Waals surface area (Å²) in [6.07, 6.45) is 0.400. The Morgan fingerprint density at radius 2 is 2.20 bits per heavy atom. The highest BCUT2D eigenvalue weighted by atomic mass is 19.3. The Morgan fingerprint density at radius 3 is 2.80 bits per heavy atom. The first-order chi connectivity index (χ1) is 7.15. The first kappa shape index (κ1) is 11.6. The van der Waals surface area contributed by atoms with Gasteiger partial charge in [-0.2, -0.15) is 0 Å². The minimum absolute atomic E-state index is 0.351. The molecule has 0 aliphatic carbocycles. The van der Waals surface area contributed by atoms with Crippen LogP contribution in [-0.2, 0) is 6.42 Å². The van der Waals surface area contributed by atoms with E-state index in [9.17, 15) is 8.78 Å². The largest absolute Gasteiger partial charge is 0.383 e. The number of nitrogens with zero attached hydrogens (tertiary/aromatic N) is 2. The highest BCUT2D eigenvalue weighted by Crippen LogP contribution is 2.18. The quantitative estimate of drug-likeness (QED) is 0.786. The van der Waals surface area contributed by atoms with Gasteiger partial charge in [0.15, 0.2) is 0 Å². The molecule has 0 bridgehead atoms. The monoisotopic (exact) mass is 216 g/mol. The number of nitrogens with one attached hydrogen (secondary N) is 1. The van der Waals surface area contributed by atoms with Gasteiger partial charge in [-0.1, -0.05) is 13.3 Å². The van der Waals surface area contributed by atoms with Crippen LogP contribution < -0.4 is 11.1 Å². The van der Waals surface area contributed by atoms with Crippen LogP contribution in [0.4, 0.5) is 20.4 Å². The van der Waals surface area contributed by atoms with Crippen LogP contribution in [0.5, 0.6) is 0 Å². The maximum atomic E-state index is 12.0. The fourth-order valence-corrected chi connectivity index (χ4v) is 1.25. The molecule has 0 aliphatic rings. The standard InChI is InChI=1S/C9H14F2N4/c1-2-3-6-8(12)14-5-15-9(6)13-4-7(10)11/h5,7H,2-4H2,1H3,(H3,12,13,14,15). The normalized spacial score (nSPS) is 10.7. The van der Waals surface area contributed by atoms with Crippen LogP contribution in [0.15, 0.2) is 6.33 Å². The zero-order valence-electron chi connectivity index (χ0n) is 8.50. The van der Waals surface area contributed by atoms with Gasteiger partial charge in [0.2, 0.25) is 0 Å². The van der Waals surface area contributed by atoms with E-state index in [1.54, 1.807) is 0 Å². The predicted molar refractivity (Wildman–Crippen MR) is 54.9 cm³/mol. The molecule has 0 saturated heterocycles. The lowest BCUT2D eigenvalue weighted by molar-refractivity contribution is 0.163. The molecule has 0 atom stereocenters. The van der Waals surface area contributed by atoms with Crippen LogP contribution in [0.1, 0.15) is 18.9 Å². The fourth-order valence-electron chi connectivity index (χ4n) is 1.25. The second-order valence-corrected chi connectivity index (χ2v) is 3.11. The second kappa shape index (κ2) is 5.43. The number of nitrogens with two attached hydrogens (primary N) is 1. The number of aromatic nitrogens is 2. The van der Waals surface area contributed by atoms with Gasteiger partial charge < -0.3 is 11.1 Å². The number of anilines is 2. The van der Waals surface area contributed by atoms with Crippen molar-refractivity contribution in [3.8, 4) is 0 Å². The summed E-state index contributed by atoms with van der Waals surface area (Å²) in [5.74, 6) is 0.758. The average Bonchev–Trinajstić information content (AvgIpc) is 2.19. The average molecular weight is 216 g/mol. The van der Waals surface area contributed by atoms with E-state index in [-0.39, 0.29) is 0 Å². The van der Waals surface area contributed by atoms with Gasteiger partial charge >= 0.3 is 0 Å². The molecule has 3 N–H and O–H groups in total. The molecule has 1 aromatic rings. The molecule has 1 heterocycles. The van der Waals surface area contributed by atoms with E-state index in [4.69, 9.17) is 5.73 Å². The highest BCUT2D eigenvalue weighted by molar-refractivity contribution is 5.54. The Balaban J connectivity index is 2.80. The van der Waals surface area contributed by atoms with Crippen LogP contribution in [0.2, 0.25) is 0 Å². The van der Waals surface area contributed by atoms with Gasteiger partial charge in [-0.25, -0.2) is 18.7 Å². The van der Waals surface area contributed by atoms with Gasteiger partial charge in [0.25, 0.3) is 6.43 Å². The van der Waals surface area contributed by atoms with Crippen molar-refractivity contribution in [3.63, 3.8) is 0 Å². The van der Waals surface area contributed by atoms with Crippen molar-refractivity contribution in [3.05, 3.63) is 11.9 Å². The number of nitrogen functional groups attached to an aromatic ring is 1. The third-order valence-electron chi connectivity index (χ3n) is 1.90. The minimum Gasteiger partial charge on any atom is -0.383 e. The molecule has 0 unspecified atom stereocenters. The summed E-state index contributed by atoms with van der Waals surface area (Å²) < 4.78 is 24.0. The highest BCUT2D eigenvalue weighted by Gasteiger charge is 2.09. The van der Waals surface area contributed by atoms with Gasteiger partial charge in [-0.15, -0.1) is 0 Å². The maximum absolute atomic E-state index is 12.0. The van der Waals surface area contributed by atoms with E-state index in [0.29, 0.717) is 23.6 Å². The molecule has 0 saturated carbocycles. The van der Waals surface area contributed by atoms with Gasteiger partial charge in [-0.3, -0.25) is 0 Å². The lowest BCUT2D eigenvalue weighted by atomic mass is 10.1. The summed E-state index contributed by atoms with van der Waals surface area (Å²) in [5, 5.41) is 2.56. The Morgan fingerprint density at radius 1 is 1.47 bits per heavy atom. The van der Waals surface area contributed by atoms with E-state index < -0.39 is 13.0 Å². The SMILES string of the molecule is CCCc1c(N)ncnc1NCC(F)F. The molecule has 4 nitrogen and oxygen atoms in total. The smallest absolute Gasteiger partial charge is 0.255 e. The predicted octanol–water partition coefficient (Wildman–Crippen LogP) is 1.69. The first-order valence-corrected chi connectivity index (χ1v) is 4.76. The van der Waals surface area contributed by atoms with Crippen molar-refractivity contribution in [1.82, 2.24) is 9.97 Å². The van der Waals surface area contributed by atoms with E-state index >= 15 is 0 Å². The minimum atomic E-state index is -2.41. The summed E-state index contributed by atoms with van der Waals surface area (Å²) in [6.45, 7) is 1.55. The van der Waals surface area contributed by atoms with Gasteiger partial charge in [0.1, 0.15) is 18.0 Å². The Labute approximate surface area is 86.9 Å². The van der Waals surface area contributed by atoms with Crippen LogP contribution in [0.25, 0.3) is 0 Å². The lowest BCUT2D eigenvalue weighted by Gasteiger charge is -2.11. The van der Waals surface area contributed by atoms with Crippen molar-refractivity contribution < 1.29 is 8.78 Å². The van der Waals surface area contributed by atoms with Gasteiger partial charge in [-0.05, 0) is 6.42 Å². The number of halogens is 2. The summed E-state index contributed by atoms with van der Waals surface area (Å²) in [6, 6.07) is 0. The summed E-state index contributed by atoms with van der Waals surface area (Å²) in [4.78, 5) is 7.72. The number of alkyl halides is 2. The van der Waals surface area contributed by atoms with E-state index in [1.807, 2.05) is 6.92 Å². The number of rotatable bonds is 5. The molecule has 0 amide bonds. The van der Waals surface area contributed by atoms with E-state index in [2.05, 4.69) is 15.3 Å². The van der Waals surface area contributed by atoms with Crippen molar-refractivity contribution in [2.45, 2.75) is 26.2 Å². The molecule has 0 radical (unpaired) electrons. The second-order valence-electron chi connectivity index (χ2n) is 3.11. The van der Waals surface area contributed by atoms with Crippen LogP contribution in [-0.4, -0.2) is 22.9 Å². The number of hydrogen-bond donors (Lipinski definition) is 2. The molecular formula is C9H14F2N4. The Hall–Kier alpha value is -1.46. The number of hydrogen-bond acceptors (Lipinski definition) is 4. The third-order valence-corrected chi connectivity index (χ3v) is 1.90. The first-order valence-electron chi connectivity index (χ1n) is 4.76. The molecule has 1 aromatic heterocycles. The van der Waals surface area contributed by atoms with Gasteiger partial charge in [0.05, 0.1) is 6.54 Å². The zero-order chi connectivity index (χ0) is 11.3. The van der Waals surface area contributed by atoms with Crippen molar-refractivity contribution >= 4 is 11.6 Å². The summed E-state index contributed by atoms with van der Waals surface area (Å²) in [5.41, 5.74) is 6.34. The molecule has 1 rings (SSSR count). The third kappa shape index (κ3) is 3.30. The molecule has 0 aromatic carbocycles. The Kier molecular flexibility index (Phi) is 4.20. The van der Waals surface area contributed by atoms with Crippen LogP contribution >= 0.6 is 0 Å². The Bertz CT molecular complexity index is 317.